The fourth-order valence-electron chi connectivity index (χ4n) is 1.92. The van der Waals surface area contributed by atoms with Crippen LogP contribution in [-0.4, -0.2) is 12.6 Å². The number of nitrogen functional groups attached to an aromatic ring is 1. The van der Waals surface area contributed by atoms with Crippen LogP contribution in [0.15, 0.2) is 35.7 Å². The van der Waals surface area contributed by atoms with Crippen molar-refractivity contribution >= 4 is 28.7 Å². The number of anilines is 2. The molecule has 1 heterocycles. The van der Waals surface area contributed by atoms with E-state index in [1.54, 1.807) is 30.4 Å². The van der Waals surface area contributed by atoms with Gasteiger partial charge in [0.15, 0.2) is 0 Å². The predicted octanol–water partition coefficient (Wildman–Crippen LogP) is 3.68. The molecule has 0 spiro atoms. The van der Waals surface area contributed by atoms with Gasteiger partial charge in [-0.05, 0) is 37.4 Å². The van der Waals surface area contributed by atoms with Gasteiger partial charge >= 0.3 is 5.97 Å². The van der Waals surface area contributed by atoms with Gasteiger partial charge in [0.25, 0.3) is 0 Å². The van der Waals surface area contributed by atoms with Gasteiger partial charge in [0.2, 0.25) is 0 Å². The van der Waals surface area contributed by atoms with Crippen LogP contribution in [0.1, 0.15) is 35.1 Å². The lowest BCUT2D eigenvalue weighted by Crippen LogP contribution is -2.12. The Kier molecular flexibility index (Phi) is 4.63. The number of para-hydroxylation sites is 1. The van der Waals surface area contributed by atoms with Gasteiger partial charge in [-0.25, -0.2) is 4.79 Å². The predicted molar refractivity (Wildman–Crippen MR) is 83.2 cm³/mol. The van der Waals surface area contributed by atoms with Crippen LogP contribution in [0.2, 0.25) is 0 Å². The van der Waals surface area contributed by atoms with E-state index >= 15 is 0 Å². The number of ether oxygens (including phenoxy) is 1. The Bertz CT molecular complexity index is 582. The maximum Gasteiger partial charge on any atom is 0.340 e. The van der Waals surface area contributed by atoms with Crippen molar-refractivity contribution in [2.75, 3.05) is 17.7 Å². The molecule has 1 atom stereocenters. The lowest BCUT2D eigenvalue weighted by Gasteiger charge is -2.17. The number of benzene rings is 1. The van der Waals surface area contributed by atoms with Gasteiger partial charge < -0.3 is 15.8 Å². The van der Waals surface area contributed by atoms with E-state index < -0.39 is 5.97 Å². The topological polar surface area (TPSA) is 64.3 Å². The van der Waals surface area contributed by atoms with Gasteiger partial charge in [-0.15, -0.1) is 11.3 Å². The Morgan fingerprint density at radius 1 is 1.40 bits per heavy atom. The minimum Gasteiger partial charge on any atom is -0.462 e. The summed E-state index contributed by atoms with van der Waals surface area (Å²) in [7, 11) is 0. The van der Waals surface area contributed by atoms with Crippen LogP contribution in [0.4, 0.5) is 11.4 Å². The summed E-state index contributed by atoms with van der Waals surface area (Å²) in [6.07, 6.45) is 0. The van der Waals surface area contributed by atoms with Crippen LogP contribution in [-0.2, 0) is 4.74 Å². The molecule has 1 aromatic carbocycles. The Labute approximate surface area is 122 Å². The molecule has 5 heteroatoms. The van der Waals surface area contributed by atoms with Gasteiger partial charge in [-0.3, -0.25) is 0 Å². The number of hydrogen-bond donors (Lipinski definition) is 2. The molecular weight excluding hydrogens is 272 g/mol. The molecule has 0 saturated heterocycles. The summed E-state index contributed by atoms with van der Waals surface area (Å²) >= 11 is 1.68. The number of carbonyl (C=O) groups is 1. The van der Waals surface area contributed by atoms with Gasteiger partial charge in [0.1, 0.15) is 0 Å². The molecule has 0 saturated carbocycles. The first-order chi connectivity index (χ1) is 9.63. The molecule has 2 rings (SSSR count). The molecule has 0 fully saturated rings. The van der Waals surface area contributed by atoms with E-state index in [1.165, 1.54) is 4.88 Å². The van der Waals surface area contributed by atoms with Crippen LogP contribution in [0, 0.1) is 0 Å². The summed E-state index contributed by atoms with van der Waals surface area (Å²) in [6.45, 7) is 4.17. The monoisotopic (exact) mass is 290 g/mol. The minimum atomic E-state index is -0.391. The molecule has 20 heavy (non-hydrogen) atoms. The van der Waals surface area contributed by atoms with E-state index in [2.05, 4.69) is 18.3 Å². The number of thiophene rings is 1. The standard InChI is InChI=1S/C15H18N2O2S/c1-3-19-15(18)11-6-4-7-12(14(11)16)17-10(2)13-8-5-9-20-13/h4-10,17H,3,16H2,1-2H3. The van der Waals surface area contributed by atoms with Crippen molar-refractivity contribution in [2.45, 2.75) is 19.9 Å². The van der Waals surface area contributed by atoms with Gasteiger partial charge in [-0.1, -0.05) is 12.1 Å². The summed E-state index contributed by atoms with van der Waals surface area (Å²) in [4.78, 5) is 13.0. The second-order valence-corrected chi connectivity index (χ2v) is 5.35. The molecule has 0 radical (unpaired) electrons. The zero-order valence-corrected chi connectivity index (χ0v) is 12.4. The van der Waals surface area contributed by atoms with Crippen molar-refractivity contribution in [3.8, 4) is 0 Å². The van der Waals surface area contributed by atoms with Crippen LogP contribution in [0.3, 0.4) is 0 Å². The maximum atomic E-state index is 11.8. The van der Waals surface area contributed by atoms with Crippen LogP contribution < -0.4 is 11.1 Å². The lowest BCUT2D eigenvalue weighted by molar-refractivity contribution is 0.0527. The number of rotatable bonds is 5. The van der Waals surface area contributed by atoms with Crippen molar-refractivity contribution in [1.82, 2.24) is 0 Å². The second kappa shape index (κ2) is 6.43. The average molecular weight is 290 g/mol. The summed E-state index contributed by atoms with van der Waals surface area (Å²) in [5.74, 6) is -0.391. The Balaban J connectivity index is 2.20. The molecule has 0 amide bonds. The fraction of sp³-hybridized carbons (Fsp3) is 0.267. The summed E-state index contributed by atoms with van der Waals surface area (Å²) in [5, 5.41) is 5.36. The Hall–Kier alpha value is -2.01. The molecule has 0 aliphatic carbocycles. The van der Waals surface area contributed by atoms with Crippen molar-refractivity contribution < 1.29 is 9.53 Å². The highest BCUT2D eigenvalue weighted by molar-refractivity contribution is 7.10. The lowest BCUT2D eigenvalue weighted by atomic mass is 10.1. The van der Waals surface area contributed by atoms with E-state index in [0.29, 0.717) is 17.9 Å². The molecule has 4 nitrogen and oxygen atoms in total. The molecule has 0 aliphatic heterocycles. The number of nitrogens with one attached hydrogen (secondary N) is 1. The van der Waals surface area contributed by atoms with Crippen molar-refractivity contribution in [2.24, 2.45) is 0 Å². The smallest absolute Gasteiger partial charge is 0.340 e. The van der Waals surface area contributed by atoms with E-state index in [1.807, 2.05) is 17.5 Å². The number of nitrogens with two attached hydrogens (primary N) is 1. The first kappa shape index (κ1) is 14.4. The average Bonchev–Trinajstić information content (AvgIpc) is 2.95. The third-order valence-corrected chi connectivity index (χ3v) is 4.00. The summed E-state index contributed by atoms with van der Waals surface area (Å²) in [6, 6.07) is 9.54. The van der Waals surface area contributed by atoms with E-state index in [9.17, 15) is 4.79 Å². The number of hydrogen-bond acceptors (Lipinski definition) is 5. The van der Waals surface area contributed by atoms with Crippen LogP contribution in [0.5, 0.6) is 0 Å². The second-order valence-electron chi connectivity index (χ2n) is 4.37. The fourth-order valence-corrected chi connectivity index (χ4v) is 2.65. The Morgan fingerprint density at radius 2 is 2.20 bits per heavy atom. The molecule has 3 N–H and O–H groups in total. The zero-order valence-electron chi connectivity index (χ0n) is 11.6. The molecule has 0 bridgehead atoms. The molecule has 1 unspecified atom stereocenters. The normalized spacial score (nSPS) is 11.9. The molecular formula is C15H18N2O2S. The van der Waals surface area contributed by atoms with Crippen LogP contribution >= 0.6 is 11.3 Å². The minimum absolute atomic E-state index is 0.134. The third kappa shape index (κ3) is 3.11. The van der Waals surface area contributed by atoms with Gasteiger partial charge in [0, 0.05) is 4.88 Å². The Morgan fingerprint density at radius 3 is 2.85 bits per heavy atom. The van der Waals surface area contributed by atoms with E-state index in [4.69, 9.17) is 10.5 Å². The molecule has 106 valence electrons. The maximum absolute atomic E-state index is 11.8. The summed E-state index contributed by atoms with van der Waals surface area (Å²) < 4.78 is 5.00. The number of carbonyl (C=O) groups excluding carboxylic acids is 1. The largest absolute Gasteiger partial charge is 0.462 e. The zero-order chi connectivity index (χ0) is 14.5. The third-order valence-electron chi connectivity index (χ3n) is 2.94. The summed E-state index contributed by atoms with van der Waals surface area (Å²) in [5.41, 5.74) is 7.63. The van der Waals surface area contributed by atoms with Crippen molar-refractivity contribution in [3.05, 3.63) is 46.2 Å². The molecule has 0 aliphatic rings. The van der Waals surface area contributed by atoms with E-state index in [-0.39, 0.29) is 6.04 Å². The molecule has 1 aromatic heterocycles. The first-order valence-electron chi connectivity index (χ1n) is 6.49. The SMILES string of the molecule is CCOC(=O)c1cccc(NC(C)c2cccs2)c1N. The van der Waals surface area contributed by atoms with Crippen molar-refractivity contribution in [1.29, 1.82) is 0 Å². The number of esters is 1. The molecule has 2 aromatic rings. The quantitative estimate of drug-likeness (QED) is 0.651. The van der Waals surface area contributed by atoms with Gasteiger partial charge in [-0.2, -0.15) is 0 Å². The highest BCUT2D eigenvalue weighted by atomic mass is 32.1. The van der Waals surface area contributed by atoms with Crippen LogP contribution in [0.25, 0.3) is 0 Å². The first-order valence-corrected chi connectivity index (χ1v) is 7.37. The van der Waals surface area contributed by atoms with Gasteiger partial charge in [0.05, 0.1) is 29.6 Å². The van der Waals surface area contributed by atoms with E-state index in [0.717, 1.165) is 5.69 Å². The highest BCUT2D eigenvalue weighted by Gasteiger charge is 2.15. The highest BCUT2D eigenvalue weighted by Crippen LogP contribution is 2.29. The van der Waals surface area contributed by atoms with Crippen molar-refractivity contribution in [3.63, 3.8) is 0 Å².